The van der Waals surface area contributed by atoms with Crippen LogP contribution in [0.3, 0.4) is 0 Å². The van der Waals surface area contributed by atoms with Crippen LogP contribution in [-0.2, 0) is 6.42 Å². The molecule has 0 bridgehead atoms. The molecule has 7 heteroatoms. The summed E-state index contributed by atoms with van der Waals surface area (Å²) < 4.78 is 0. The summed E-state index contributed by atoms with van der Waals surface area (Å²) in [4.78, 5) is 12.8. The highest BCUT2D eigenvalue weighted by molar-refractivity contribution is 7.09. The molecule has 2 heterocycles. The second-order valence-electron chi connectivity index (χ2n) is 3.96. The fourth-order valence-electron chi connectivity index (χ4n) is 1.57. The summed E-state index contributed by atoms with van der Waals surface area (Å²) >= 11 is 7.72. The molecule has 102 valence electrons. The van der Waals surface area contributed by atoms with Crippen molar-refractivity contribution in [1.82, 2.24) is 15.0 Å². The summed E-state index contributed by atoms with van der Waals surface area (Å²) in [5, 5.41) is 9.95. The lowest BCUT2D eigenvalue weighted by Crippen LogP contribution is -2.09. The van der Waals surface area contributed by atoms with Gasteiger partial charge in [-0.15, -0.1) is 11.3 Å². The van der Waals surface area contributed by atoms with Crippen LogP contribution in [0.5, 0.6) is 0 Å². The number of nitrogens with one attached hydrogen (secondary N) is 2. The monoisotopic (exact) mass is 297 g/mol. The molecule has 2 N–H and O–H groups in total. The van der Waals surface area contributed by atoms with Crippen LogP contribution in [-0.4, -0.2) is 28.0 Å². The average Bonchev–Trinajstić information content (AvgIpc) is 2.79. The van der Waals surface area contributed by atoms with Gasteiger partial charge in [0.15, 0.2) is 0 Å². The molecule has 5 nitrogen and oxygen atoms in total. The summed E-state index contributed by atoms with van der Waals surface area (Å²) in [6.45, 7) is 5.52. The van der Waals surface area contributed by atoms with Gasteiger partial charge in [0, 0.05) is 24.9 Å². The summed E-state index contributed by atoms with van der Waals surface area (Å²) in [5.74, 6) is 1.23. The zero-order valence-corrected chi connectivity index (χ0v) is 12.5. The molecule has 0 saturated carbocycles. The summed E-state index contributed by atoms with van der Waals surface area (Å²) in [7, 11) is 0. The van der Waals surface area contributed by atoms with Crippen molar-refractivity contribution in [2.24, 2.45) is 0 Å². The van der Waals surface area contributed by atoms with Gasteiger partial charge >= 0.3 is 0 Å². The number of hydrogen-bond acceptors (Lipinski definition) is 6. The van der Waals surface area contributed by atoms with Gasteiger partial charge in [0.05, 0.1) is 16.9 Å². The molecular formula is C12H16ClN5S. The van der Waals surface area contributed by atoms with Gasteiger partial charge in [-0.25, -0.2) is 9.97 Å². The minimum atomic E-state index is 0.524. The van der Waals surface area contributed by atoms with E-state index in [0.29, 0.717) is 16.8 Å². The van der Waals surface area contributed by atoms with Gasteiger partial charge in [0.1, 0.15) is 10.8 Å². The van der Waals surface area contributed by atoms with E-state index in [1.54, 1.807) is 17.5 Å². The number of hydrogen-bond donors (Lipinski definition) is 2. The smallest absolute Gasteiger partial charge is 0.224 e. The van der Waals surface area contributed by atoms with Gasteiger partial charge in [-0.2, -0.15) is 4.98 Å². The molecule has 2 aromatic rings. The number of rotatable bonds is 6. The minimum absolute atomic E-state index is 0.524. The Bertz CT molecular complexity index is 543. The third kappa shape index (κ3) is 4.04. The maximum atomic E-state index is 6.05. The Balaban J connectivity index is 1.93. The van der Waals surface area contributed by atoms with Gasteiger partial charge < -0.3 is 10.6 Å². The van der Waals surface area contributed by atoms with Crippen molar-refractivity contribution in [1.29, 1.82) is 0 Å². The maximum Gasteiger partial charge on any atom is 0.224 e. The summed E-state index contributed by atoms with van der Waals surface area (Å²) in [6, 6.07) is 0. The molecule has 2 rings (SSSR count). The first-order valence-electron chi connectivity index (χ1n) is 6.10. The molecule has 0 unspecified atom stereocenters. The number of aryl methyl sites for hydroxylation is 1. The van der Waals surface area contributed by atoms with Crippen molar-refractivity contribution >= 4 is 34.7 Å². The summed E-state index contributed by atoms with van der Waals surface area (Å²) in [6.07, 6.45) is 2.45. The molecular weight excluding hydrogens is 282 g/mol. The lowest BCUT2D eigenvalue weighted by Gasteiger charge is -2.08. The molecule has 19 heavy (non-hydrogen) atoms. The van der Waals surface area contributed by atoms with E-state index in [4.69, 9.17) is 11.6 Å². The third-order valence-corrected chi connectivity index (χ3v) is 3.52. The van der Waals surface area contributed by atoms with E-state index in [9.17, 15) is 0 Å². The lowest BCUT2D eigenvalue weighted by molar-refractivity contribution is 0.956. The van der Waals surface area contributed by atoms with Crippen LogP contribution in [0.2, 0.25) is 5.02 Å². The fourth-order valence-corrected chi connectivity index (χ4v) is 2.37. The molecule has 0 aliphatic heterocycles. The zero-order valence-electron chi connectivity index (χ0n) is 10.9. The molecule has 0 saturated heterocycles. The molecule has 0 atom stereocenters. The van der Waals surface area contributed by atoms with Crippen molar-refractivity contribution in [3.63, 3.8) is 0 Å². The van der Waals surface area contributed by atoms with Crippen molar-refractivity contribution in [2.45, 2.75) is 20.3 Å². The zero-order chi connectivity index (χ0) is 13.7. The second-order valence-corrected chi connectivity index (χ2v) is 5.42. The number of nitrogens with zero attached hydrogens (tertiary/aromatic N) is 3. The topological polar surface area (TPSA) is 62.7 Å². The predicted molar refractivity (Wildman–Crippen MR) is 80.3 cm³/mol. The maximum absolute atomic E-state index is 6.05. The fraction of sp³-hybridized carbons (Fsp3) is 0.417. The highest BCUT2D eigenvalue weighted by Crippen LogP contribution is 2.19. The van der Waals surface area contributed by atoms with Crippen LogP contribution >= 0.6 is 22.9 Å². The number of halogens is 1. The van der Waals surface area contributed by atoms with Gasteiger partial charge in [0.25, 0.3) is 0 Å². The van der Waals surface area contributed by atoms with Crippen LogP contribution < -0.4 is 10.6 Å². The standard InChI is InChI=1S/C12H16ClN5S/c1-3-14-12-16-6-10(13)11(18-12)15-5-4-9-7-19-8(2)17-9/h6-7H,3-5H2,1-2H3,(H2,14,15,16,18). The molecule has 0 amide bonds. The summed E-state index contributed by atoms with van der Waals surface area (Å²) in [5.41, 5.74) is 1.09. The Morgan fingerprint density at radius 1 is 1.32 bits per heavy atom. The Labute approximate surface area is 121 Å². The second kappa shape index (κ2) is 6.68. The van der Waals surface area contributed by atoms with E-state index < -0.39 is 0 Å². The Kier molecular flexibility index (Phi) is 4.93. The van der Waals surface area contributed by atoms with Crippen molar-refractivity contribution in [3.8, 4) is 0 Å². The van der Waals surface area contributed by atoms with Crippen molar-refractivity contribution in [2.75, 3.05) is 23.7 Å². The van der Waals surface area contributed by atoms with E-state index in [1.165, 1.54) is 0 Å². The van der Waals surface area contributed by atoms with Gasteiger partial charge in [-0.05, 0) is 13.8 Å². The van der Waals surface area contributed by atoms with E-state index in [2.05, 4.69) is 31.0 Å². The average molecular weight is 298 g/mol. The highest BCUT2D eigenvalue weighted by atomic mass is 35.5. The first kappa shape index (κ1) is 14.0. The first-order chi connectivity index (χ1) is 9.19. The molecule has 0 aliphatic carbocycles. The van der Waals surface area contributed by atoms with Gasteiger partial charge in [-0.1, -0.05) is 11.6 Å². The molecule has 0 aliphatic rings. The van der Waals surface area contributed by atoms with E-state index in [0.717, 1.165) is 30.2 Å². The van der Waals surface area contributed by atoms with Crippen molar-refractivity contribution in [3.05, 3.63) is 27.3 Å². The van der Waals surface area contributed by atoms with Gasteiger partial charge in [-0.3, -0.25) is 0 Å². The first-order valence-corrected chi connectivity index (χ1v) is 7.36. The molecule has 0 fully saturated rings. The Morgan fingerprint density at radius 3 is 2.84 bits per heavy atom. The third-order valence-electron chi connectivity index (χ3n) is 2.42. The number of aromatic nitrogens is 3. The SMILES string of the molecule is CCNc1ncc(Cl)c(NCCc2csc(C)n2)n1. The van der Waals surface area contributed by atoms with E-state index in [1.807, 2.05) is 13.8 Å². The molecule has 0 spiro atoms. The number of anilines is 2. The quantitative estimate of drug-likeness (QED) is 0.858. The van der Waals surface area contributed by atoms with E-state index in [-0.39, 0.29) is 0 Å². The Hall–Kier alpha value is -1.40. The minimum Gasteiger partial charge on any atom is -0.368 e. The molecule has 0 radical (unpaired) electrons. The van der Waals surface area contributed by atoms with Crippen LogP contribution in [0, 0.1) is 6.92 Å². The molecule has 0 aromatic carbocycles. The van der Waals surface area contributed by atoms with Crippen LogP contribution in [0.4, 0.5) is 11.8 Å². The van der Waals surface area contributed by atoms with Gasteiger partial charge in [0.2, 0.25) is 5.95 Å². The normalized spacial score (nSPS) is 10.5. The lowest BCUT2D eigenvalue weighted by atomic mass is 10.3. The Morgan fingerprint density at radius 2 is 2.16 bits per heavy atom. The van der Waals surface area contributed by atoms with E-state index >= 15 is 0 Å². The molecule has 2 aromatic heterocycles. The predicted octanol–water partition coefficient (Wildman–Crippen LogP) is 2.98. The van der Waals surface area contributed by atoms with Crippen LogP contribution in [0.15, 0.2) is 11.6 Å². The van der Waals surface area contributed by atoms with Crippen LogP contribution in [0.1, 0.15) is 17.6 Å². The number of thiazole rings is 1. The van der Waals surface area contributed by atoms with Crippen LogP contribution in [0.25, 0.3) is 0 Å². The largest absolute Gasteiger partial charge is 0.368 e. The highest BCUT2D eigenvalue weighted by Gasteiger charge is 2.05. The van der Waals surface area contributed by atoms with Crippen molar-refractivity contribution < 1.29 is 0 Å².